The number of thiocarbonyl (C=S) groups is 1. The zero-order valence-electron chi connectivity index (χ0n) is 21.7. The second-order valence-corrected chi connectivity index (χ2v) is 12.4. The van der Waals surface area contributed by atoms with Crippen LogP contribution < -0.4 is 4.74 Å². The Kier molecular flexibility index (Phi) is 8.01. The van der Waals surface area contributed by atoms with Gasteiger partial charge in [-0.1, -0.05) is 63.8 Å². The molecule has 0 spiro atoms. The Morgan fingerprint density at radius 3 is 2.14 bits per heavy atom. The van der Waals surface area contributed by atoms with Crippen molar-refractivity contribution in [2.75, 3.05) is 14.1 Å². The van der Waals surface area contributed by atoms with Gasteiger partial charge in [-0.25, -0.2) is 0 Å². The predicted molar refractivity (Wildman–Crippen MR) is 147 cm³/mol. The van der Waals surface area contributed by atoms with Gasteiger partial charge < -0.3 is 9.64 Å². The van der Waals surface area contributed by atoms with E-state index in [1.165, 1.54) is 17.7 Å². The van der Waals surface area contributed by atoms with Crippen LogP contribution in [-0.4, -0.2) is 36.0 Å². The SMILES string of the molecule is Cc1cc2c(cc1-c1cc(/C=C(/C=O)SC(=S)N(C)C)ccc1OC(F)(F)F)C(C)(C)CCC2(C)C. The monoisotopic (exact) mass is 535 g/mol. The van der Waals surface area contributed by atoms with Gasteiger partial charge in [0.05, 0.1) is 4.91 Å². The summed E-state index contributed by atoms with van der Waals surface area (Å²) >= 11 is 6.40. The van der Waals surface area contributed by atoms with Gasteiger partial charge in [-0.15, -0.1) is 13.2 Å². The molecule has 0 radical (unpaired) electrons. The number of halogens is 3. The van der Waals surface area contributed by atoms with Crippen LogP contribution in [-0.2, 0) is 15.6 Å². The predicted octanol–water partition coefficient (Wildman–Crippen LogP) is 8.03. The van der Waals surface area contributed by atoms with Crippen molar-refractivity contribution in [3.05, 3.63) is 57.5 Å². The summed E-state index contributed by atoms with van der Waals surface area (Å²) in [5, 5.41) is 0. The summed E-state index contributed by atoms with van der Waals surface area (Å²) in [5.41, 5.74) is 4.68. The number of nitrogens with zero attached hydrogens (tertiary/aromatic N) is 1. The number of benzene rings is 2. The number of hydrogen-bond donors (Lipinski definition) is 0. The van der Waals surface area contributed by atoms with Gasteiger partial charge >= 0.3 is 6.36 Å². The van der Waals surface area contributed by atoms with Crippen molar-refractivity contribution in [2.24, 2.45) is 0 Å². The van der Waals surface area contributed by atoms with E-state index >= 15 is 0 Å². The van der Waals surface area contributed by atoms with Gasteiger partial charge in [0.1, 0.15) is 10.1 Å². The smallest absolute Gasteiger partial charge is 0.405 e. The number of hydrogen-bond acceptors (Lipinski definition) is 4. The van der Waals surface area contributed by atoms with E-state index in [4.69, 9.17) is 12.2 Å². The highest BCUT2D eigenvalue weighted by Crippen LogP contribution is 2.48. The number of carbonyl (C=O) groups excluding carboxylic acids is 1. The number of allylic oxidation sites excluding steroid dienone is 1. The van der Waals surface area contributed by atoms with E-state index < -0.39 is 6.36 Å². The lowest BCUT2D eigenvalue weighted by atomic mass is 9.62. The van der Waals surface area contributed by atoms with E-state index in [1.54, 1.807) is 31.1 Å². The molecule has 0 saturated heterocycles. The Morgan fingerprint density at radius 1 is 1.03 bits per heavy atom. The molecule has 0 saturated carbocycles. The first-order chi connectivity index (χ1) is 16.5. The van der Waals surface area contributed by atoms with Gasteiger partial charge in [0.25, 0.3) is 0 Å². The molecular weight excluding hydrogens is 503 g/mol. The fraction of sp³-hybridized carbons (Fsp3) is 0.429. The molecule has 36 heavy (non-hydrogen) atoms. The molecule has 0 fully saturated rings. The van der Waals surface area contributed by atoms with Crippen LogP contribution in [0.5, 0.6) is 5.75 Å². The van der Waals surface area contributed by atoms with Crippen molar-refractivity contribution in [3.63, 3.8) is 0 Å². The number of alkyl halides is 3. The third kappa shape index (κ3) is 6.32. The zero-order valence-corrected chi connectivity index (χ0v) is 23.3. The summed E-state index contributed by atoms with van der Waals surface area (Å²) < 4.78 is 44.9. The van der Waals surface area contributed by atoms with E-state index in [2.05, 4.69) is 38.5 Å². The maximum atomic E-state index is 13.3. The zero-order chi connectivity index (χ0) is 27.1. The fourth-order valence-corrected chi connectivity index (χ4v) is 5.43. The molecule has 0 aliphatic heterocycles. The Morgan fingerprint density at radius 2 is 1.61 bits per heavy atom. The van der Waals surface area contributed by atoms with Crippen LogP contribution in [0.2, 0.25) is 0 Å². The number of aldehydes is 1. The lowest BCUT2D eigenvalue weighted by Gasteiger charge is -2.42. The minimum Gasteiger partial charge on any atom is -0.405 e. The average Bonchev–Trinajstić information content (AvgIpc) is 2.76. The number of aryl methyl sites for hydroxylation is 1. The van der Waals surface area contributed by atoms with Crippen LogP contribution >= 0.6 is 24.0 Å². The molecule has 0 unspecified atom stereocenters. The molecule has 0 aromatic heterocycles. The quantitative estimate of drug-likeness (QED) is 0.220. The van der Waals surface area contributed by atoms with E-state index in [1.807, 2.05) is 13.0 Å². The molecule has 2 aromatic carbocycles. The Hall–Kier alpha value is -2.32. The van der Waals surface area contributed by atoms with Crippen LogP contribution in [0.3, 0.4) is 0 Å². The molecule has 1 aliphatic rings. The molecule has 194 valence electrons. The molecule has 1 aliphatic carbocycles. The van der Waals surface area contributed by atoms with Crippen LogP contribution in [0.25, 0.3) is 17.2 Å². The van der Waals surface area contributed by atoms with Gasteiger partial charge in [-0.2, -0.15) is 0 Å². The summed E-state index contributed by atoms with van der Waals surface area (Å²) in [6.07, 6.45) is -0.507. The largest absolute Gasteiger partial charge is 0.573 e. The van der Waals surface area contributed by atoms with Crippen LogP contribution in [0.4, 0.5) is 13.2 Å². The second kappa shape index (κ2) is 10.2. The summed E-state index contributed by atoms with van der Waals surface area (Å²) in [6.45, 7) is 10.7. The van der Waals surface area contributed by atoms with Crippen molar-refractivity contribution in [3.8, 4) is 16.9 Å². The number of fused-ring (bicyclic) bond motifs is 1. The number of carbonyl (C=O) groups is 1. The number of ether oxygens (including phenoxy) is 1. The first-order valence-electron chi connectivity index (χ1n) is 11.7. The third-order valence-corrected chi connectivity index (χ3v) is 8.32. The molecule has 8 heteroatoms. The van der Waals surface area contributed by atoms with E-state index in [0.717, 1.165) is 35.7 Å². The fourth-order valence-electron chi connectivity index (χ4n) is 4.52. The van der Waals surface area contributed by atoms with E-state index in [9.17, 15) is 18.0 Å². The van der Waals surface area contributed by atoms with E-state index in [0.29, 0.717) is 32.2 Å². The molecule has 0 N–H and O–H groups in total. The third-order valence-electron chi connectivity index (χ3n) is 6.71. The molecule has 0 heterocycles. The summed E-state index contributed by atoms with van der Waals surface area (Å²) in [4.78, 5) is 13.8. The van der Waals surface area contributed by atoms with Crippen molar-refractivity contribution < 1.29 is 22.7 Å². The highest BCUT2D eigenvalue weighted by atomic mass is 32.2. The normalized spacial score (nSPS) is 16.8. The average molecular weight is 536 g/mol. The van der Waals surface area contributed by atoms with Gasteiger partial charge in [-0.05, 0) is 82.7 Å². The van der Waals surface area contributed by atoms with Gasteiger partial charge in [0.2, 0.25) is 0 Å². The highest BCUT2D eigenvalue weighted by Gasteiger charge is 2.38. The van der Waals surface area contributed by atoms with Crippen LogP contribution in [0.15, 0.2) is 35.2 Å². The molecule has 3 nitrogen and oxygen atoms in total. The van der Waals surface area contributed by atoms with Gasteiger partial charge in [0.15, 0.2) is 6.29 Å². The first-order valence-corrected chi connectivity index (χ1v) is 12.9. The second-order valence-electron chi connectivity index (χ2n) is 10.7. The molecular formula is C28H32F3NO2S2. The standard InChI is InChI=1S/C28H32F3NO2S2/c1-17-12-22-23(27(4,5)11-10-26(22,2)3)15-20(17)21-14-18(8-9-24(21)34-28(29,30)31)13-19(16-33)36-25(35)32(6)7/h8-9,12-16H,10-11H2,1-7H3/b19-13-. The highest BCUT2D eigenvalue weighted by molar-refractivity contribution is 8.26. The summed E-state index contributed by atoms with van der Waals surface area (Å²) in [5.74, 6) is -0.278. The topological polar surface area (TPSA) is 29.5 Å². The first kappa shape index (κ1) is 28.3. The maximum absolute atomic E-state index is 13.3. The molecule has 3 rings (SSSR count). The van der Waals surface area contributed by atoms with Crippen molar-refractivity contribution in [2.45, 2.75) is 64.7 Å². The lowest BCUT2D eigenvalue weighted by molar-refractivity contribution is -0.274. The molecule has 2 aromatic rings. The molecule has 0 amide bonds. The van der Waals surface area contributed by atoms with Crippen LogP contribution in [0.1, 0.15) is 62.8 Å². The minimum absolute atomic E-state index is 0.0228. The maximum Gasteiger partial charge on any atom is 0.573 e. The summed E-state index contributed by atoms with van der Waals surface area (Å²) in [6, 6.07) is 8.58. The lowest BCUT2D eigenvalue weighted by Crippen LogP contribution is -2.34. The Labute approximate surface area is 221 Å². The molecule has 0 atom stereocenters. The van der Waals surface area contributed by atoms with Crippen molar-refractivity contribution in [1.82, 2.24) is 4.90 Å². The molecule has 0 bridgehead atoms. The summed E-state index contributed by atoms with van der Waals surface area (Å²) in [7, 11) is 3.56. The van der Waals surface area contributed by atoms with Crippen molar-refractivity contribution in [1.29, 1.82) is 0 Å². The van der Waals surface area contributed by atoms with E-state index in [-0.39, 0.29) is 16.6 Å². The number of rotatable bonds is 5. The minimum atomic E-state index is -4.84. The number of thioether (sulfide) groups is 1. The Bertz CT molecular complexity index is 1210. The van der Waals surface area contributed by atoms with Crippen molar-refractivity contribution >= 4 is 40.7 Å². The van der Waals surface area contributed by atoms with Gasteiger partial charge in [0, 0.05) is 19.7 Å². The van der Waals surface area contributed by atoms with Crippen LogP contribution in [0, 0.1) is 6.92 Å². The Balaban J connectivity index is 2.21. The van der Waals surface area contributed by atoms with Gasteiger partial charge in [-0.3, -0.25) is 4.79 Å².